The van der Waals surface area contributed by atoms with E-state index in [9.17, 15) is 8.78 Å². The number of likely N-dealkylation sites (N-methyl/N-ethyl adjacent to an activating group) is 1. The summed E-state index contributed by atoms with van der Waals surface area (Å²) < 4.78 is 27.8. The van der Waals surface area contributed by atoms with E-state index in [0.29, 0.717) is 10.9 Å². The first-order valence-electron chi connectivity index (χ1n) is 6.93. The molecule has 0 radical (unpaired) electrons. The maximum absolute atomic E-state index is 13.6. The molecule has 0 spiro atoms. The molecule has 112 valence electrons. The minimum atomic E-state index is -0.273. The largest absolute Gasteiger partial charge is 0.310 e. The molecule has 0 aliphatic carbocycles. The van der Waals surface area contributed by atoms with Crippen molar-refractivity contribution in [3.63, 3.8) is 0 Å². The molecule has 21 heavy (non-hydrogen) atoms. The molecule has 0 aliphatic rings. The quantitative estimate of drug-likeness (QED) is 0.803. The first kappa shape index (κ1) is 16.1. The number of benzene rings is 2. The Labute approximate surface area is 132 Å². The lowest BCUT2D eigenvalue weighted by atomic mass is 9.97. The number of hydrogen-bond donors (Lipinski definition) is 1. The molecule has 2 aromatic carbocycles. The fourth-order valence-electron chi connectivity index (χ4n) is 2.48. The Morgan fingerprint density at radius 1 is 1.05 bits per heavy atom. The Balaban J connectivity index is 2.30. The third-order valence-corrected chi connectivity index (χ3v) is 3.74. The SMILES string of the molecule is CCNC(Cc1cc(F)cc(Br)c1)c1cc(C)cc(F)c1. The van der Waals surface area contributed by atoms with Crippen LogP contribution in [0.2, 0.25) is 0 Å². The smallest absolute Gasteiger partial charge is 0.124 e. The van der Waals surface area contributed by atoms with E-state index in [1.165, 1.54) is 24.3 Å². The van der Waals surface area contributed by atoms with Gasteiger partial charge in [-0.3, -0.25) is 0 Å². The van der Waals surface area contributed by atoms with Crippen LogP contribution in [-0.2, 0) is 6.42 Å². The summed E-state index contributed by atoms with van der Waals surface area (Å²) in [5.74, 6) is -0.515. The molecule has 2 rings (SSSR count). The van der Waals surface area contributed by atoms with Gasteiger partial charge in [-0.1, -0.05) is 28.9 Å². The van der Waals surface area contributed by atoms with Crippen molar-refractivity contribution in [3.8, 4) is 0 Å². The van der Waals surface area contributed by atoms with Crippen LogP contribution in [0.25, 0.3) is 0 Å². The molecule has 0 aliphatic heterocycles. The molecule has 1 nitrogen and oxygen atoms in total. The van der Waals surface area contributed by atoms with E-state index in [4.69, 9.17) is 0 Å². The molecule has 1 atom stereocenters. The van der Waals surface area contributed by atoms with Gasteiger partial charge in [-0.05, 0) is 66.9 Å². The van der Waals surface area contributed by atoms with E-state index in [1.807, 2.05) is 26.0 Å². The Hall–Kier alpha value is -1.26. The van der Waals surface area contributed by atoms with Crippen LogP contribution < -0.4 is 5.32 Å². The maximum atomic E-state index is 13.6. The molecular weight excluding hydrogens is 336 g/mol. The van der Waals surface area contributed by atoms with E-state index in [1.54, 1.807) is 0 Å². The van der Waals surface area contributed by atoms with E-state index in [0.717, 1.165) is 23.2 Å². The highest BCUT2D eigenvalue weighted by molar-refractivity contribution is 9.10. The van der Waals surface area contributed by atoms with E-state index in [-0.39, 0.29) is 17.7 Å². The van der Waals surface area contributed by atoms with Gasteiger partial charge in [-0.25, -0.2) is 8.78 Å². The summed E-state index contributed by atoms with van der Waals surface area (Å²) in [6.45, 7) is 4.63. The molecule has 0 heterocycles. The average Bonchev–Trinajstić information content (AvgIpc) is 2.35. The van der Waals surface area contributed by atoms with Crippen molar-refractivity contribution in [2.24, 2.45) is 0 Å². The number of aryl methyl sites for hydroxylation is 1. The van der Waals surface area contributed by atoms with Crippen molar-refractivity contribution >= 4 is 15.9 Å². The van der Waals surface area contributed by atoms with Crippen LogP contribution >= 0.6 is 15.9 Å². The van der Waals surface area contributed by atoms with Crippen LogP contribution in [0.4, 0.5) is 8.78 Å². The predicted octanol–water partition coefficient (Wildman–Crippen LogP) is 4.93. The second-order valence-electron chi connectivity index (χ2n) is 5.15. The Morgan fingerprint density at radius 2 is 1.76 bits per heavy atom. The van der Waals surface area contributed by atoms with Gasteiger partial charge in [-0.2, -0.15) is 0 Å². The zero-order chi connectivity index (χ0) is 15.4. The second kappa shape index (κ2) is 7.14. The van der Waals surface area contributed by atoms with E-state index in [2.05, 4.69) is 21.2 Å². The summed E-state index contributed by atoms with van der Waals surface area (Å²) in [4.78, 5) is 0. The highest BCUT2D eigenvalue weighted by Crippen LogP contribution is 2.23. The molecule has 0 saturated carbocycles. The predicted molar refractivity (Wildman–Crippen MR) is 85.4 cm³/mol. The molecular formula is C17H18BrF2N. The summed E-state index contributed by atoms with van der Waals surface area (Å²) >= 11 is 3.30. The molecule has 0 fully saturated rings. The van der Waals surface area contributed by atoms with Gasteiger partial charge >= 0.3 is 0 Å². The number of halogens is 3. The van der Waals surface area contributed by atoms with Gasteiger partial charge in [0.2, 0.25) is 0 Å². The number of hydrogen-bond acceptors (Lipinski definition) is 1. The van der Waals surface area contributed by atoms with Crippen molar-refractivity contribution in [2.45, 2.75) is 26.3 Å². The van der Waals surface area contributed by atoms with Gasteiger partial charge in [0, 0.05) is 10.5 Å². The molecule has 1 unspecified atom stereocenters. The summed E-state index contributed by atoms with van der Waals surface area (Å²) in [6, 6.07) is 9.79. The Bertz CT molecular complexity index is 588. The van der Waals surface area contributed by atoms with Crippen molar-refractivity contribution < 1.29 is 8.78 Å². The van der Waals surface area contributed by atoms with E-state index >= 15 is 0 Å². The molecule has 0 bridgehead atoms. The van der Waals surface area contributed by atoms with Crippen molar-refractivity contribution in [3.05, 3.63) is 69.2 Å². The van der Waals surface area contributed by atoms with Crippen molar-refractivity contribution in [1.29, 1.82) is 0 Å². The third-order valence-electron chi connectivity index (χ3n) is 3.28. The summed E-state index contributed by atoms with van der Waals surface area (Å²) in [6.07, 6.45) is 0.604. The average molecular weight is 354 g/mol. The standard InChI is InChI=1S/C17H18BrF2N/c1-3-21-17(13-4-11(2)5-15(19)9-13)8-12-6-14(18)10-16(20)7-12/h4-7,9-10,17,21H,3,8H2,1-2H3. The van der Waals surface area contributed by atoms with Gasteiger partial charge in [0.25, 0.3) is 0 Å². The van der Waals surface area contributed by atoms with Crippen LogP contribution in [0, 0.1) is 18.6 Å². The van der Waals surface area contributed by atoms with Gasteiger partial charge in [0.15, 0.2) is 0 Å². The van der Waals surface area contributed by atoms with Crippen LogP contribution in [0.15, 0.2) is 40.9 Å². The van der Waals surface area contributed by atoms with Gasteiger partial charge in [0.05, 0.1) is 0 Å². The maximum Gasteiger partial charge on any atom is 0.124 e. The van der Waals surface area contributed by atoms with Crippen LogP contribution in [0.5, 0.6) is 0 Å². The lowest BCUT2D eigenvalue weighted by Crippen LogP contribution is -2.23. The molecule has 4 heteroatoms. The molecule has 0 amide bonds. The lowest BCUT2D eigenvalue weighted by molar-refractivity contribution is 0.539. The molecule has 1 N–H and O–H groups in total. The monoisotopic (exact) mass is 353 g/mol. The fourth-order valence-corrected chi connectivity index (χ4v) is 3.00. The van der Waals surface area contributed by atoms with Gasteiger partial charge < -0.3 is 5.32 Å². The first-order valence-corrected chi connectivity index (χ1v) is 7.72. The second-order valence-corrected chi connectivity index (χ2v) is 6.07. The first-order chi connectivity index (χ1) is 9.97. The summed E-state index contributed by atoms with van der Waals surface area (Å²) in [5, 5.41) is 3.34. The minimum absolute atomic E-state index is 0.0434. The number of nitrogens with one attached hydrogen (secondary N) is 1. The zero-order valence-corrected chi connectivity index (χ0v) is 13.7. The normalized spacial score (nSPS) is 12.4. The van der Waals surface area contributed by atoms with Crippen LogP contribution in [-0.4, -0.2) is 6.54 Å². The summed E-state index contributed by atoms with van der Waals surface area (Å²) in [7, 11) is 0. The highest BCUT2D eigenvalue weighted by atomic mass is 79.9. The van der Waals surface area contributed by atoms with Crippen molar-refractivity contribution in [1.82, 2.24) is 5.32 Å². The summed E-state index contributed by atoms with van der Waals surface area (Å²) in [5.41, 5.74) is 2.64. The number of rotatable bonds is 5. The Morgan fingerprint density at radius 3 is 2.38 bits per heavy atom. The Kier molecular flexibility index (Phi) is 5.48. The zero-order valence-electron chi connectivity index (χ0n) is 12.1. The van der Waals surface area contributed by atoms with Crippen LogP contribution in [0.1, 0.15) is 29.7 Å². The van der Waals surface area contributed by atoms with Crippen molar-refractivity contribution in [2.75, 3.05) is 6.54 Å². The molecule has 0 saturated heterocycles. The topological polar surface area (TPSA) is 12.0 Å². The third kappa shape index (κ3) is 4.61. The minimum Gasteiger partial charge on any atom is -0.310 e. The molecule has 0 aromatic heterocycles. The van der Waals surface area contributed by atoms with Gasteiger partial charge in [-0.15, -0.1) is 0 Å². The fraction of sp³-hybridized carbons (Fsp3) is 0.294. The van der Waals surface area contributed by atoms with Crippen LogP contribution in [0.3, 0.4) is 0 Å². The highest BCUT2D eigenvalue weighted by Gasteiger charge is 2.13. The molecule has 2 aromatic rings. The lowest BCUT2D eigenvalue weighted by Gasteiger charge is -2.19. The van der Waals surface area contributed by atoms with Gasteiger partial charge in [0.1, 0.15) is 11.6 Å². The van der Waals surface area contributed by atoms with E-state index < -0.39 is 0 Å².